The van der Waals surface area contributed by atoms with Crippen LogP contribution in [0.25, 0.3) is 0 Å². The molecule has 0 unspecified atom stereocenters. The first-order valence-corrected chi connectivity index (χ1v) is 9.03. The van der Waals surface area contributed by atoms with Crippen molar-refractivity contribution >= 4 is 16.8 Å². The lowest BCUT2D eigenvalue weighted by Crippen LogP contribution is -1.86. The van der Waals surface area contributed by atoms with Crippen molar-refractivity contribution < 1.29 is 4.79 Å². The molecular weight excluding hydrogens is 292 g/mol. The van der Waals surface area contributed by atoms with Crippen LogP contribution >= 0.6 is 11.6 Å². The van der Waals surface area contributed by atoms with E-state index >= 15 is 0 Å². The molecule has 0 saturated carbocycles. The number of rotatable bonds is 14. The first-order chi connectivity index (χ1) is 10.8. The van der Waals surface area contributed by atoms with Crippen LogP contribution < -0.4 is 0 Å². The Kier molecular flexibility index (Phi) is 17.2. The van der Waals surface area contributed by atoms with Crippen LogP contribution in [0.15, 0.2) is 42.2 Å². The topological polar surface area (TPSA) is 17.1 Å². The van der Waals surface area contributed by atoms with Crippen LogP contribution in [0.5, 0.6) is 0 Å². The molecule has 0 fully saturated rings. The monoisotopic (exact) mass is 322 g/mol. The summed E-state index contributed by atoms with van der Waals surface area (Å²) in [5, 5.41) is -0.204. The van der Waals surface area contributed by atoms with Gasteiger partial charge in [-0.25, -0.2) is 0 Å². The van der Waals surface area contributed by atoms with Gasteiger partial charge in [0, 0.05) is 6.42 Å². The molecule has 0 aromatic heterocycles. The third-order valence-corrected chi connectivity index (χ3v) is 3.49. The van der Waals surface area contributed by atoms with E-state index in [2.05, 4.69) is 49.1 Å². The van der Waals surface area contributed by atoms with E-state index in [1.54, 1.807) is 0 Å². The molecule has 0 aromatic rings. The minimum Gasteiger partial charge on any atom is -0.281 e. The average Bonchev–Trinajstić information content (AvgIpc) is 2.50. The molecule has 1 nitrogen and oxygen atoms in total. The second kappa shape index (κ2) is 18.0. The minimum absolute atomic E-state index is 0.204. The largest absolute Gasteiger partial charge is 0.281 e. The molecule has 0 bridgehead atoms. The third-order valence-electron chi connectivity index (χ3n) is 3.30. The summed E-state index contributed by atoms with van der Waals surface area (Å²) in [5.74, 6) is 0. The van der Waals surface area contributed by atoms with Crippen molar-refractivity contribution in [1.82, 2.24) is 0 Å². The van der Waals surface area contributed by atoms with Gasteiger partial charge in [-0.2, -0.15) is 0 Å². The molecule has 2 heteroatoms. The molecule has 0 radical (unpaired) electrons. The number of allylic oxidation sites excluding steroid dienone is 5. The summed E-state index contributed by atoms with van der Waals surface area (Å²) in [6.45, 7) is 2.15. The molecule has 0 aromatic carbocycles. The van der Waals surface area contributed by atoms with Crippen molar-refractivity contribution in [2.45, 2.75) is 77.6 Å². The van der Waals surface area contributed by atoms with Crippen LogP contribution in [0.4, 0.5) is 0 Å². The number of carbonyl (C=O) groups excluding carboxylic acids is 1. The van der Waals surface area contributed by atoms with Gasteiger partial charge in [0.2, 0.25) is 5.24 Å². The van der Waals surface area contributed by atoms with E-state index in [0.717, 1.165) is 38.5 Å². The van der Waals surface area contributed by atoms with Crippen LogP contribution in [0.3, 0.4) is 0 Å². The van der Waals surface area contributed by atoms with E-state index in [4.69, 9.17) is 11.6 Å². The molecule has 124 valence electrons. The molecule has 0 aliphatic carbocycles. The Bertz CT molecular complexity index is 373. The summed E-state index contributed by atoms with van der Waals surface area (Å²) >= 11 is 5.29. The van der Waals surface area contributed by atoms with Crippen molar-refractivity contribution in [2.75, 3.05) is 0 Å². The summed E-state index contributed by atoms with van der Waals surface area (Å²) in [4.78, 5) is 10.5. The van der Waals surface area contributed by atoms with Gasteiger partial charge in [0.15, 0.2) is 0 Å². The number of unbranched alkanes of at least 4 members (excludes halogenated alkanes) is 6. The molecule has 0 aliphatic heterocycles. The van der Waals surface area contributed by atoms with Crippen molar-refractivity contribution in [3.05, 3.63) is 42.2 Å². The van der Waals surface area contributed by atoms with Gasteiger partial charge < -0.3 is 0 Å². The van der Waals surface area contributed by atoms with E-state index in [-0.39, 0.29) is 5.24 Å². The fourth-order valence-electron chi connectivity index (χ4n) is 2.05. The fourth-order valence-corrected chi connectivity index (χ4v) is 2.19. The van der Waals surface area contributed by atoms with Gasteiger partial charge in [0.1, 0.15) is 0 Å². The van der Waals surface area contributed by atoms with Crippen LogP contribution in [-0.4, -0.2) is 5.24 Å². The summed E-state index contributed by atoms with van der Waals surface area (Å²) in [6, 6.07) is 0. The number of carbonyl (C=O) groups is 1. The Balaban J connectivity index is 3.34. The van der Waals surface area contributed by atoms with Crippen LogP contribution in [0.2, 0.25) is 0 Å². The SMILES string of the molecule is CCC=CCC=CCC=C=CCCCCCCCCC(=O)Cl. The third kappa shape index (κ3) is 19.0. The predicted octanol–water partition coefficient (Wildman–Crippen LogP) is 6.89. The maximum absolute atomic E-state index is 10.5. The molecule has 0 atom stereocenters. The molecule has 0 N–H and O–H groups in total. The zero-order chi connectivity index (χ0) is 16.3. The Morgan fingerprint density at radius 1 is 0.864 bits per heavy atom. The maximum Gasteiger partial charge on any atom is 0.221 e. The smallest absolute Gasteiger partial charge is 0.221 e. The fraction of sp³-hybridized carbons (Fsp3) is 0.600. The number of halogens is 1. The quantitative estimate of drug-likeness (QED) is 0.147. The molecule has 0 rings (SSSR count). The van der Waals surface area contributed by atoms with Crippen molar-refractivity contribution in [1.29, 1.82) is 0 Å². The first-order valence-electron chi connectivity index (χ1n) is 8.65. The normalized spacial score (nSPS) is 11.0. The van der Waals surface area contributed by atoms with Gasteiger partial charge >= 0.3 is 0 Å². The van der Waals surface area contributed by atoms with Crippen molar-refractivity contribution in [3.63, 3.8) is 0 Å². The lowest BCUT2D eigenvalue weighted by molar-refractivity contribution is -0.111. The van der Waals surface area contributed by atoms with Gasteiger partial charge in [0.05, 0.1) is 0 Å². The summed E-state index contributed by atoms with van der Waals surface area (Å²) in [6.07, 6.45) is 24.8. The Morgan fingerprint density at radius 3 is 2.23 bits per heavy atom. The highest BCUT2D eigenvalue weighted by atomic mass is 35.5. The summed E-state index contributed by atoms with van der Waals surface area (Å²) in [5.41, 5.74) is 3.24. The lowest BCUT2D eigenvalue weighted by Gasteiger charge is -1.98. The highest BCUT2D eigenvalue weighted by Crippen LogP contribution is 2.09. The van der Waals surface area contributed by atoms with E-state index < -0.39 is 0 Å². The number of hydrogen-bond donors (Lipinski definition) is 0. The first kappa shape index (κ1) is 21.0. The Morgan fingerprint density at radius 2 is 1.50 bits per heavy atom. The van der Waals surface area contributed by atoms with Crippen molar-refractivity contribution in [3.8, 4) is 0 Å². The Hall–Kier alpha value is -1.04. The van der Waals surface area contributed by atoms with Crippen LogP contribution in [-0.2, 0) is 4.79 Å². The molecule has 0 spiro atoms. The highest BCUT2D eigenvalue weighted by molar-refractivity contribution is 6.63. The van der Waals surface area contributed by atoms with Gasteiger partial charge in [-0.05, 0) is 62.3 Å². The molecule has 0 aliphatic rings. The van der Waals surface area contributed by atoms with Crippen molar-refractivity contribution in [2.24, 2.45) is 0 Å². The summed E-state index contributed by atoms with van der Waals surface area (Å²) in [7, 11) is 0. The molecule has 0 heterocycles. The summed E-state index contributed by atoms with van der Waals surface area (Å²) < 4.78 is 0. The van der Waals surface area contributed by atoms with E-state index in [9.17, 15) is 4.79 Å². The molecule has 22 heavy (non-hydrogen) atoms. The second-order valence-electron chi connectivity index (χ2n) is 5.41. The van der Waals surface area contributed by atoms with Gasteiger partial charge in [-0.1, -0.05) is 56.9 Å². The van der Waals surface area contributed by atoms with Gasteiger partial charge in [-0.15, -0.1) is 5.73 Å². The standard InChI is InChI=1S/C20H31ClO/c1-2-3-4-5-6-7-8-9-10-11-12-13-14-15-16-17-18-19-20(21)22/h3-4,6-7,9,11H,2,5,8,12-19H2,1H3. The predicted molar refractivity (Wildman–Crippen MR) is 98.3 cm³/mol. The second-order valence-corrected chi connectivity index (χ2v) is 5.83. The zero-order valence-corrected chi connectivity index (χ0v) is 14.8. The lowest BCUT2D eigenvalue weighted by atomic mass is 10.1. The number of hydrogen-bond acceptors (Lipinski definition) is 1. The van der Waals surface area contributed by atoms with Crippen LogP contribution in [0.1, 0.15) is 77.6 Å². The molecular formula is C20H31ClO. The van der Waals surface area contributed by atoms with E-state index in [0.29, 0.717) is 6.42 Å². The molecule has 0 saturated heterocycles. The minimum atomic E-state index is -0.204. The molecule has 0 amide bonds. The Labute approximate surface area is 141 Å². The highest BCUT2D eigenvalue weighted by Gasteiger charge is 1.95. The van der Waals surface area contributed by atoms with Gasteiger partial charge in [0.25, 0.3) is 0 Å². The van der Waals surface area contributed by atoms with E-state index in [1.807, 2.05) is 0 Å². The van der Waals surface area contributed by atoms with Gasteiger partial charge in [-0.3, -0.25) is 4.79 Å². The maximum atomic E-state index is 10.5. The average molecular weight is 323 g/mol. The van der Waals surface area contributed by atoms with E-state index in [1.165, 1.54) is 25.7 Å². The zero-order valence-electron chi connectivity index (χ0n) is 14.0. The van der Waals surface area contributed by atoms with Crippen LogP contribution in [0, 0.1) is 0 Å².